The Balaban J connectivity index is 0.00000288. The van der Waals surface area contributed by atoms with Crippen molar-refractivity contribution in [3.8, 4) is 0 Å². The summed E-state index contributed by atoms with van der Waals surface area (Å²) < 4.78 is 1.91. The van der Waals surface area contributed by atoms with Crippen molar-refractivity contribution >= 4 is 29.9 Å². The van der Waals surface area contributed by atoms with E-state index in [1.165, 1.54) is 11.1 Å². The van der Waals surface area contributed by atoms with Crippen molar-refractivity contribution in [3.63, 3.8) is 0 Å². The van der Waals surface area contributed by atoms with Crippen LogP contribution in [0.15, 0.2) is 48.0 Å². The molecule has 0 amide bonds. The van der Waals surface area contributed by atoms with E-state index in [9.17, 15) is 0 Å². The Morgan fingerprint density at radius 1 is 1.25 bits per heavy atom. The van der Waals surface area contributed by atoms with E-state index in [-0.39, 0.29) is 21.1 Å². The molecule has 0 bridgehead atoms. The van der Waals surface area contributed by atoms with Crippen LogP contribution in [0.3, 0.4) is 0 Å². The van der Waals surface area contributed by atoms with Crippen LogP contribution in [0.25, 0.3) is 5.57 Å². The molecule has 0 aliphatic heterocycles. The maximum Gasteiger partial charge on any atom is 0.143 e. The Hall–Kier alpha value is -1.79. The van der Waals surface area contributed by atoms with Crippen molar-refractivity contribution in [1.82, 2.24) is 0 Å². The molecule has 0 saturated heterocycles. The molecule has 3 heteroatoms. The summed E-state index contributed by atoms with van der Waals surface area (Å²) >= 11 is 0. The Morgan fingerprint density at radius 2 is 2.00 bits per heavy atom. The zero-order chi connectivity index (χ0) is 16.8. The van der Waals surface area contributed by atoms with Crippen LogP contribution < -0.4 is 0 Å². The molecule has 0 fully saturated rings. The smallest absolute Gasteiger partial charge is 0.143 e. The van der Waals surface area contributed by atoms with Gasteiger partial charge >= 0.3 is 0 Å². The molecular formula is C21H24N2W. The van der Waals surface area contributed by atoms with E-state index in [1.54, 1.807) is 0 Å². The molecule has 2 aromatic carbocycles. The van der Waals surface area contributed by atoms with Crippen molar-refractivity contribution in [1.29, 1.82) is 0 Å². The van der Waals surface area contributed by atoms with Gasteiger partial charge in [-0.1, -0.05) is 31.2 Å². The second-order valence-electron chi connectivity index (χ2n) is 5.60. The second kappa shape index (κ2) is 9.49. The van der Waals surface area contributed by atoms with Crippen molar-refractivity contribution in [2.24, 2.45) is 4.99 Å². The molecule has 0 N–H and O–H groups in total. The first kappa shape index (κ1) is 20.3. The summed E-state index contributed by atoms with van der Waals surface area (Å²) in [6.45, 7) is 15.2. The minimum absolute atomic E-state index is 0. The standard InChI is InChI=1S/C21H24N2.W/c1-6-18-11-12-19(14-21(18)16(3)4)22-15-17-9-8-10-20(13-17)23(5)7-2;/h8-9,11-15H,3,5-7H2,1-2,4H3;. The summed E-state index contributed by atoms with van der Waals surface area (Å²) in [6.07, 6.45) is 2.88. The Bertz CT molecular complexity index is 760. The monoisotopic (exact) mass is 488 g/mol. The number of allylic oxidation sites excluding steroid dienone is 1. The van der Waals surface area contributed by atoms with Gasteiger partial charge in [-0.2, -0.15) is 12.1 Å². The number of aryl methyl sites for hydroxylation is 1. The number of aliphatic imine (C=N–C) groups is 1. The molecule has 0 saturated carbocycles. The van der Waals surface area contributed by atoms with E-state index < -0.39 is 0 Å². The molecule has 0 atom stereocenters. The predicted octanol–water partition coefficient (Wildman–Crippen LogP) is 5.19. The molecule has 0 heterocycles. The van der Waals surface area contributed by atoms with Crippen LogP contribution in [0.2, 0.25) is 0 Å². The van der Waals surface area contributed by atoms with Crippen molar-refractivity contribution < 1.29 is 25.6 Å². The molecule has 0 aliphatic rings. The van der Waals surface area contributed by atoms with E-state index in [4.69, 9.17) is 0 Å². The average Bonchev–Trinajstić information content (AvgIpc) is 2.59. The quantitative estimate of drug-likeness (QED) is 0.302. The number of benzene rings is 2. The van der Waals surface area contributed by atoms with Crippen molar-refractivity contribution in [2.75, 3.05) is 6.54 Å². The maximum atomic E-state index is 4.60. The molecule has 24 heavy (non-hydrogen) atoms. The molecule has 0 aromatic heterocycles. The molecular weight excluding hydrogens is 464 g/mol. The first-order valence-electron chi connectivity index (χ1n) is 7.97. The molecule has 2 aromatic rings. The normalized spacial score (nSPS) is 10.5. The number of hydrogen-bond acceptors (Lipinski definition) is 1. The van der Waals surface area contributed by atoms with Crippen molar-refractivity contribution in [3.05, 3.63) is 65.7 Å². The molecule has 0 spiro atoms. The van der Waals surface area contributed by atoms with Crippen LogP contribution in [0, 0.1) is 6.07 Å². The van der Waals surface area contributed by atoms with Crippen LogP contribution in [-0.4, -0.2) is 24.1 Å². The van der Waals surface area contributed by atoms with Gasteiger partial charge in [0.05, 0.1) is 11.4 Å². The van der Waals surface area contributed by atoms with Crippen LogP contribution >= 0.6 is 0 Å². The molecule has 0 radical (unpaired) electrons. The first-order chi connectivity index (χ1) is 11.0. The van der Waals surface area contributed by atoms with Crippen LogP contribution in [0.1, 0.15) is 37.5 Å². The summed E-state index contributed by atoms with van der Waals surface area (Å²) in [5.41, 5.74) is 6.53. The zero-order valence-electron chi connectivity index (χ0n) is 14.7. The van der Waals surface area contributed by atoms with Gasteiger partial charge in [0.25, 0.3) is 0 Å². The third-order valence-corrected chi connectivity index (χ3v) is 3.83. The fourth-order valence-corrected chi connectivity index (χ4v) is 2.40. The van der Waals surface area contributed by atoms with Crippen LogP contribution in [0.5, 0.6) is 0 Å². The van der Waals surface area contributed by atoms with Gasteiger partial charge in [0, 0.05) is 27.3 Å². The second-order valence-corrected chi connectivity index (χ2v) is 5.60. The Morgan fingerprint density at radius 3 is 2.62 bits per heavy atom. The third-order valence-electron chi connectivity index (χ3n) is 3.83. The maximum absolute atomic E-state index is 4.60. The first-order valence-corrected chi connectivity index (χ1v) is 7.97. The van der Waals surface area contributed by atoms with Gasteiger partial charge in [0.2, 0.25) is 0 Å². The van der Waals surface area contributed by atoms with E-state index in [0.29, 0.717) is 0 Å². The SMILES string of the molecule is C=C(C)c1cc(N=Cc2cc[c-]c([N+](=C)CC)c2)ccc1CC.[W]. The third kappa shape index (κ3) is 5.11. The van der Waals surface area contributed by atoms with Gasteiger partial charge in [-0.25, -0.2) is 4.58 Å². The van der Waals surface area contributed by atoms with E-state index in [2.05, 4.69) is 56.4 Å². The minimum Gasteiger partial charge on any atom is -0.258 e. The van der Waals surface area contributed by atoms with Gasteiger partial charge in [0.1, 0.15) is 13.3 Å². The fraction of sp³-hybridized carbons (Fsp3) is 0.238. The number of nitrogens with zero attached hydrogens (tertiary/aromatic N) is 2. The topological polar surface area (TPSA) is 15.4 Å². The molecule has 0 unspecified atom stereocenters. The summed E-state index contributed by atoms with van der Waals surface area (Å²) in [7, 11) is 0. The van der Waals surface area contributed by atoms with Gasteiger partial charge < -0.3 is 0 Å². The summed E-state index contributed by atoms with van der Waals surface area (Å²) in [6, 6.07) is 15.4. The van der Waals surface area contributed by atoms with E-state index in [0.717, 1.165) is 35.5 Å². The summed E-state index contributed by atoms with van der Waals surface area (Å²) in [4.78, 5) is 4.60. The predicted molar refractivity (Wildman–Crippen MR) is 101 cm³/mol. The van der Waals surface area contributed by atoms with Gasteiger partial charge in [0.15, 0.2) is 0 Å². The van der Waals surface area contributed by atoms with E-state index in [1.807, 2.05) is 35.9 Å². The van der Waals surface area contributed by atoms with Crippen LogP contribution in [0.4, 0.5) is 11.4 Å². The molecule has 0 aliphatic carbocycles. The summed E-state index contributed by atoms with van der Waals surface area (Å²) in [5.74, 6) is 0. The van der Waals surface area contributed by atoms with Crippen molar-refractivity contribution in [2.45, 2.75) is 27.2 Å². The minimum atomic E-state index is 0. The Kier molecular flexibility index (Phi) is 8.01. The van der Waals surface area contributed by atoms with E-state index >= 15 is 0 Å². The number of hydrogen-bond donors (Lipinski definition) is 0. The van der Waals surface area contributed by atoms with Crippen LogP contribution in [-0.2, 0) is 27.5 Å². The Labute approximate surface area is 159 Å². The zero-order valence-corrected chi connectivity index (χ0v) is 17.6. The largest absolute Gasteiger partial charge is 0.258 e. The van der Waals surface area contributed by atoms with Gasteiger partial charge in [-0.15, -0.1) is 11.6 Å². The van der Waals surface area contributed by atoms with Gasteiger partial charge in [-0.3, -0.25) is 4.99 Å². The molecule has 2 rings (SSSR count). The molecule has 124 valence electrons. The van der Waals surface area contributed by atoms with Gasteiger partial charge in [-0.05, 0) is 43.5 Å². The summed E-state index contributed by atoms with van der Waals surface area (Å²) in [5, 5.41) is 0. The average molecular weight is 488 g/mol. The number of rotatable bonds is 6. The fourth-order valence-electron chi connectivity index (χ4n) is 2.40. The molecule has 2 nitrogen and oxygen atoms in total.